The SMILES string of the molecule is Cc1ccnc(C(=O)NC[C@@H]2N=C(N)N3CC(NC(=O)c4cccc5c4OCCC5(C)C)C(O)(O)[C@@]34NC(N)=[NH+][C@@H]24)n1. The largest absolute Gasteiger partial charge is 0.492 e. The van der Waals surface area contributed by atoms with Crippen molar-refractivity contribution in [3.8, 4) is 5.75 Å². The molecule has 10 N–H and O–H groups in total. The molecule has 2 aromatic rings. The first kappa shape index (κ1) is 27.7. The Morgan fingerprint density at radius 3 is 2.79 bits per heavy atom. The normalized spacial score (nSPS) is 28.2. The summed E-state index contributed by atoms with van der Waals surface area (Å²) in [5, 5.41) is 32.0. The maximum absolute atomic E-state index is 13.6. The number of nitrogens with one attached hydrogen (secondary N) is 4. The number of benzene rings is 1. The van der Waals surface area contributed by atoms with Gasteiger partial charge in [-0.1, -0.05) is 26.0 Å². The molecular weight excluding hydrogens is 544 g/mol. The van der Waals surface area contributed by atoms with Gasteiger partial charge in [-0.2, -0.15) is 0 Å². The summed E-state index contributed by atoms with van der Waals surface area (Å²) in [5.41, 5.74) is 12.4. The van der Waals surface area contributed by atoms with E-state index in [1.54, 1.807) is 25.1 Å². The molecule has 4 aliphatic heterocycles. The lowest BCUT2D eigenvalue weighted by Gasteiger charge is -2.46. The second-order valence-electron chi connectivity index (χ2n) is 11.7. The fourth-order valence-corrected chi connectivity index (χ4v) is 6.36. The van der Waals surface area contributed by atoms with E-state index in [1.165, 1.54) is 11.1 Å². The Morgan fingerprint density at radius 2 is 2.02 bits per heavy atom. The van der Waals surface area contributed by atoms with Gasteiger partial charge >= 0.3 is 5.96 Å². The van der Waals surface area contributed by atoms with E-state index < -0.39 is 41.4 Å². The third-order valence-corrected chi connectivity index (χ3v) is 8.62. The quantitative estimate of drug-likeness (QED) is 0.160. The lowest BCUT2D eigenvalue weighted by Crippen LogP contribution is -2.90. The molecule has 0 aliphatic carbocycles. The van der Waals surface area contributed by atoms with Crippen LogP contribution in [0.2, 0.25) is 0 Å². The van der Waals surface area contributed by atoms with Gasteiger partial charge in [0.05, 0.1) is 18.7 Å². The minimum absolute atomic E-state index is 0.0135. The smallest absolute Gasteiger partial charge is 0.343 e. The number of carbonyl (C=O) groups excluding carboxylic acids is 2. The minimum Gasteiger partial charge on any atom is -0.492 e. The summed E-state index contributed by atoms with van der Waals surface area (Å²) >= 11 is 0. The molecule has 15 heteroatoms. The van der Waals surface area contributed by atoms with Gasteiger partial charge < -0.3 is 31.3 Å². The van der Waals surface area contributed by atoms with Crippen LogP contribution in [0.15, 0.2) is 35.5 Å². The van der Waals surface area contributed by atoms with E-state index in [0.717, 1.165) is 12.0 Å². The van der Waals surface area contributed by atoms with Crippen molar-refractivity contribution in [2.75, 3.05) is 19.7 Å². The number of aryl methyl sites for hydroxylation is 1. The molecule has 222 valence electrons. The van der Waals surface area contributed by atoms with Crippen LogP contribution in [0.4, 0.5) is 0 Å². The van der Waals surface area contributed by atoms with Crippen LogP contribution in [-0.2, 0) is 5.41 Å². The van der Waals surface area contributed by atoms with Crippen molar-refractivity contribution in [3.05, 3.63) is 53.1 Å². The van der Waals surface area contributed by atoms with E-state index in [0.29, 0.717) is 23.6 Å². The van der Waals surface area contributed by atoms with Gasteiger partial charge in [-0.15, -0.1) is 0 Å². The molecule has 1 spiro atoms. The number of hydrogen-bond acceptors (Lipinski definition) is 12. The number of guanidine groups is 2. The van der Waals surface area contributed by atoms with Crippen molar-refractivity contribution < 1.29 is 29.5 Å². The van der Waals surface area contributed by atoms with Crippen molar-refractivity contribution in [2.45, 2.75) is 62.2 Å². The number of ether oxygens (including phenoxy) is 1. The number of amides is 2. The number of para-hydroxylation sites is 1. The minimum atomic E-state index is -2.60. The predicted octanol–water partition coefficient (Wildman–Crippen LogP) is -3.87. The molecule has 6 rings (SSSR count). The van der Waals surface area contributed by atoms with Gasteiger partial charge in [0.1, 0.15) is 17.8 Å². The Bertz CT molecular complexity index is 1520. The standard InChI is InChI=1S/C27H34N10O5/c1-13-7-9-30-20(32-13)22(39)31-11-16-19-26(36-23(28)35-19)27(40,41)17(12-37(26)24(29)33-16)34-21(38)14-5-4-6-15-18(14)42-10-8-25(15,2)3/h4-7,9,16-17,19,40-41H,8,10-12H2,1-3H3,(H2,29,33)(H,31,39)(H,34,38)(H3,28,35,36)/p+1/t16-,17?,19-,26-/m0/s1. The first-order valence-electron chi connectivity index (χ1n) is 13.7. The lowest BCUT2D eigenvalue weighted by molar-refractivity contribution is -0.521. The highest BCUT2D eigenvalue weighted by molar-refractivity contribution is 5.98. The zero-order valence-corrected chi connectivity index (χ0v) is 23.5. The highest BCUT2D eigenvalue weighted by atomic mass is 16.5. The van der Waals surface area contributed by atoms with Crippen LogP contribution in [0.25, 0.3) is 0 Å². The average molecular weight is 580 g/mol. The number of hydrogen-bond donors (Lipinski definition) is 8. The van der Waals surface area contributed by atoms with E-state index >= 15 is 0 Å². The number of aliphatic hydroxyl groups is 2. The number of aliphatic imine (C=N–C) groups is 1. The van der Waals surface area contributed by atoms with Crippen LogP contribution in [0.3, 0.4) is 0 Å². The summed E-state index contributed by atoms with van der Waals surface area (Å²) in [6, 6.07) is 4.16. The number of fused-ring (bicyclic) bond motifs is 1. The lowest BCUT2D eigenvalue weighted by atomic mass is 9.79. The van der Waals surface area contributed by atoms with E-state index in [4.69, 9.17) is 16.2 Å². The zero-order chi connectivity index (χ0) is 30.0. The number of rotatable bonds is 5. The van der Waals surface area contributed by atoms with Gasteiger partial charge in [-0.3, -0.25) is 25.2 Å². The molecule has 42 heavy (non-hydrogen) atoms. The van der Waals surface area contributed by atoms with Gasteiger partial charge in [0.2, 0.25) is 11.6 Å². The number of carbonyl (C=O) groups is 2. The third kappa shape index (κ3) is 4.10. The molecule has 1 aromatic heterocycles. The predicted molar refractivity (Wildman–Crippen MR) is 149 cm³/mol. The molecule has 1 aromatic carbocycles. The van der Waals surface area contributed by atoms with Crippen molar-refractivity contribution >= 4 is 23.7 Å². The molecule has 0 bridgehead atoms. The van der Waals surface area contributed by atoms with Gasteiger partial charge in [0.25, 0.3) is 17.5 Å². The third-order valence-electron chi connectivity index (χ3n) is 8.62. The molecular formula is C27H35N10O5+. The van der Waals surface area contributed by atoms with Crippen LogP contribution in [0.5, 0.6) is 5.75 Å². The van der Waals surface area contributed by atoms with Crippen LogP contribution in [0, 0.1) is 6.92 Å². The second-order valence-corrected chi connectivity index (χ2v) is 11.7. The van der Waals surface area contributed by atoms with Crippen LogP contribution >= 0.6 is 0 Å². The highest BCUT2D eigenvalue weighted by Gasteiger charge is 2.76. The highest BCUT2D eigenvalue weighted by Crippen LogP contribution is 2.43. The Labute approximate surface area is 241 Å². The van der Waals surface area contributed by atoms with Crippen molar-refractivity contribution in [3.63, 3.8) is 0 Å². The first-order valence-corrected chi connectivity index (χ1v) is 13.7. The van der Waals surface area contributed by atoms with Crippen molar-refractivity contribution in [1.29, 1.82) is 0 Å². The average Bonchev–Trinajstić information content (AvgIpc) is 3.40. The van der Waals surface area contributed by atoms with Gasteiger partial charge in [-0.25, -0.2) is 20.3 Å². The van der Waals surface area contributed by atoms with E-state index in [-0.39, 0.29) is 36.2 Å². The molecule has 1 fully saturated rings. The summed E-state index contributed by atoms with van der Waals surface area (Å²) in [5.74, 6) is -3.16. The van der Waals surface area contributed by atoms with Crippen molar-refractivity contribution in [2.24, 2.45) is 16.5 Å². The van der Waals surface area contributed by atoms with E-state index in [2.05, 4.69) is 49.8 Å². The van der Waals surface area contributed by atoms with Gasteiger partial charge in [-0.05, 0) is 30.9 Å². The Balaban J connectivity index is 1.26. The van der Waals surface area contributed by atoms with Gasteiger partial charge in [0, 0.05) is 24.0 Å². The Morgan fingerprint density at radius 1 is 1.24 bits per heavy atom. The molecule has 4 aliphatic rings. The maximum Gasteiger partial charge on any atom is 0.343 e. The molecule has 15 nitrogen and oxygen atoms in total. The van der Waals surface area contributed by atoms with Gasteiger partial charge in [0.15, 0.2) is 12.0 Å². The maximum atomic E-state index is 13.6. The molecule has 0 radical (unpaired) electrons. The molecule has 0 saturated carbocycles. The number of nitrogens with two attached hydrogens (primary N) is 2. The monoisotopic (exact) mass is 579 g/mol. The Hall–Kier alpha value is -4.50. The molecule has 1 saturated heterocycles. The summed E-state index contributed by atoms with van der Waals surface area (Å²) in [6.45, 7) is 6.24. The summed E-state index contributed by atoms with van der Waals surface area (Å²) in [4.78, 5) is 43.5. The molecule has 2 amide bonds. The van der Waals surface area contributed by atoms with Crippen molar-refractivity contribution in [1.82, 2.24) is 30.8 Å². The summed E-state index contributed by atoms with van der Waals surface area (Å²) < 4.78 is 5.90. The van der Waals surface area contributed by atoms with E-state index in [9.17, 15) is 19.8 Å². The fourth-order valence-electron chi connectivity index (χ4n) is 6.36. The number of nitrogens with zero attached hydrogens (tertiary/aromatic N) is 4. The fraction of sp³-hybridized carbons (Fsp3) is 0.481. The molecule has 4 atom stereocenters. The van der Waals surface area contributed by atoms with Crippen LogP contribution < -0.4 is 37.1 Å². The first-order chi connectivity index (χ1) is 19.8. The number of aromatic nitrogens is 2. The summed E-state index contributed by atoms with van der Waals surface area (Å²) in [7, 11) is 0. The summed E-state index contributed by atoms with van der Waals surface area (Å²) in [6.07, 6.45) is 2.29. The second kappa shape index (κ2) is 9.52. The van der Waals surface area contributed by atoms with Crippen LogP contribution in [-0.4, -0.2) is 98.1 Å². The molecule has 5 heterocycles. The molecule has 1 unspecified atom stereocenters. The topological polar surface area (TPSA) is 227 Å². The van der Waals surface area contributed by atoms with E-state index in [1.807, 2.05) is 6.07 Å². The zero-order valence-electron chi connectivity index (χ0n) is 23.5. The Kier molecular flexibility index (Phi) is 6.27. The van der Waals surface area contributed by atoms with Crippen LogP contribution in [0.1, 0.15) is 52.5 Å².